The smallest absolute Gasteiger partial charge is 0.410 e. The minimum atomic E-state index is -0.524. The molecular weight excluding hydrogens is 324 g/mol. The van der Waals surface area contributed by atoms with E-state index in [4.69, 9.17) is 14.2 Å². The molecule has 3 rings (SSSR count). The normalized spacial score (nSPS) is 19.5. The average molecular weight is 348 g/mol. The highest BCUT2D eigenvalue weighted by Gasteiger charge is 2.30. The van der Waals surface area contributed by atoms with Gasteiger partial charge in [-0.1, -0.05) is 0 Å². The van der Waals surface area contributed by atoms with Crippen LogP contribution in [0.4, 0.5) is 4.79 Å². The van der Waals surface area contributed by atoms with E-state index in [1.54, 1.807) is 23.1 Å². The molecule has 0 aliphatic carbocycles. The van der Waals surface area contributed by atoms with Crippen LogP contribution in [0.5, 0.6) is 11.5 Å². The second-order valence-corrected chi connectivity index (χ2v) is 7.24. The Kier molecular flexibility index (Phi) is 4.74. The Hall–Kier alpha value is -2.44. The van der Waals surface area contributed by atoms with E-state index in [1.807, 2.05) is 20.8 Å². The third kappa shape index (κ3) is 4.35. The molecule has 7 nitrogen and oxygen atoms in total. The van der Waals surface area contributed by atoms with Gasteiger partial charge in [-0.25, -0.2) is 4.79 Å². The van der Waals surface area contributed by atoms with Gasteiger partial charge in [0.15, 0.2) is 11.5 Å². The fourth-order valence-corrected chi connectivity index (χ4v) is 2.82. The van der Waals surface area contributed by atoms with Crippen molar-refractivity contribution in [3.05, 3.63) is 23.8 Å². The van der Waals surface area contributed by atoms with Gasteiger partial charge in [-0.05, 0) is 45.4 Å². The Labute approximate surface area is 147 Å². The summed E-state index contributed by atoms with van der Waals surface area (Å²) in [6.07, 6.45) is 0.360. The van der Waals surface area contributed by atoms with Crippen molar-refractivity contribution < 1.29 is 23.8 Å². The standard InChI is InChI=1S/C18H24N2O5/c1-18(2,3)25-17(22)20-7-6-13(11-20)19-16(21)12-4-5-14-15(10-12)24-9-8-23-14/h4-5,10,13H,6-9,11H2,1-3H3,(H,19,21)/t13-/m0/s1. The average Bonchev–Trinajstić information content (AvgIpc) is 3.01. The second-order valence-electron chi connectivity index (χ2n) is 7.24. The summed E-state index contributed by atoms with van der Waals surface area (Å²) in [5.41, 5.74) is -0.0103. The van der Waals surface area contributed by atoms with Crippen LogP contribution in [0.2, 0.25) is 0 Å². The van der Waals surface area contributed by atoms with Gasteiger partial charge in [0, 0.05) is 24.7 Å². The van der Waals surface area contributed by atoms with E-state index in [0.717, 1.165) is 0 Å². The van der Waals surface area contributed by atoms with Gasteiger partial charge in [0.2, 0.25) is 0 Å². The number of amides is 2. The van der Waals surface area contributed by atoms with Crippen LogP contribution >= 0.6 is 0 Å². The van der Waals surface area contributed by atoms with Gasteiger partial charge >= 0.3 is 6.09 Å². The summed E-state index contributed by atoms with van der Waals surface area (Å²) in [6, 6.07) is 5.05. The van der Waals surface area contributed by atoms with Crippen LogP contribution in [0.15, 0.2) is 18.2 Å². The van der Waals surface area contributed by atoms with Crippen molar-refractivity contribution in [2.24, 2.45) is 0 Å². The number of nitrogens with zero attached hydrogens (tertiary/aromatic N) is 1. The lowest BCUT2D eigenvalue weighted by molar-refractivity contribution is 0.0290. The van der Waals surface area contributed by atoms with Crippen LogP contribution in [-0.4, -0.2) is 54.8 Å². The minimum absolute atomic E-state index is 0.0896. The lowest BCUT2D eigenvalue weighted by Crippen LogP contribution is -2.40. The van der Waals surface area contributed by atoms with E-state index in [0.29, 0.717) is 49.8 Å². The topological polar surface area (TPSA) is 77.1 Å². The van der Waals surface area contributed by atoms with Crippen molar-refractivity contribution in [3.63, 3.8) is 0 Å². The van der Waals surface area contributed by atoms with Gasteiger partial charge in [-0.3, -0.25) is 4.79 Å². The molecule has 2 aliphatic rings. The molecule has 1 aromatic carbocycles. The molecule has 7 heteroatoms. The van der Waals surface area contributed by atoms with Crippen LogP contribution in [0.3, 0.4) is 0 Å². The monoisotopic (exact) mass is 348 g/mol. The molecule has 1 saturated heterocycles. The van der Waals surface area contributed by atoms with Crippen molar-refractivity contribution in [1.82, 2.24) is 10.2 Å². The Morgan fingerprint density at radius 2 is 1.92 bits per heavy atom. The van der Waals surface area contributed by atoms with E-state index in [9.17, 15) is 9.59 Å². The fourth-order valence-electron chi connectivity index (χ4n) is 2.82. The molecule has 0 spiro atoms. The highest BCUT2D eigenvalue weighted by Crippen LogP contribution is 2.30. The summed E-state index contributed by atoms with van der Waals surface area (Å²) < 4.78 is 16.3. The van der Waals surface area contributed by atoms with Gasteiger partial charge in [0.05, 0.1) is 0 Å². The molecule has 1 N–H and O–H groups in total. The Bertz CT molecular complexity index is 668. The maximum Gasteiger partial charge on any atom is 0.410 e. The van der Waals surface area contributed by atoms with E-state index in [1.165, 1.54) is 0 Å². The number of carbonyl (C=O) groups is 2. The van der Waals surface area contributed by atoms with E-state index < -0.39 is 5.60 Å². The molecule has 0 bridgehead atoms. The first-order valence-electron chi connectivity index (χ1n) is 8.50. The summed E-state index contributed by atoms with van der Waals surface area (Å²) in [5, 5.41) is 2.96. The molecule has 2 amide bonds. The summed E-state index contributed by atoms with van der Waals surface area (Å²) >= 11 is 0. The van der Waals surface area contributed by atoms with Crippen LogP contribution < -0.4 is 14.8 Å². The van der Waals surface area contributed by atoms with Gasteiger partial charge in [0.1, 0.15) is 18.8 Å². The highest BCUT2D eigenvalue weighted by atomic mass is 16.6. The summed E-state index contributed by atoms with van der Waals surface area (Å²) in [6.45, 7) is 7.52. The third-order valence-electron chi connectivity index (χ3n) is 3.98. The molecule has 2 heterocycles. The molecule has 0 saturated carbocycles. The predicted molar refractivity (Wildman–Crippen MR) is 91.1 cm³/mol. The Morgan fingerprint density at radius 1 is 1.20 bits per heavy atom. The van der Waals surface area contributed by atoms with Gasteiger partial charge in [0.25, 0.3) is 5.91 Å². The third-order valence-corrected chi connectivity index (χ3v) is 3.98. The van der Waals surface area contributed by atoms with Gasteiger partial charge in [-0.15, -0.1) is 0 Å². The van der Waals surface area contributed by atoms with Crippen molar-refractivity contribution in [3.8, 4) is 11.5 Å². The number of likely N-dealkylation sites (tertiary alicyclic amines) is 1. The van der Waals surface area contributed by atoms with Crippen molar-refractivity contribution >= 4 is 12.0 Å². The number of nitrogens with one attached hydrogen (secondary N) is 1. The molecule has 0 aromatic heterocycles. The number of benzene rings is 1. The summed E-state index contributed by atoms with van der Waals surface area (Å²) in [7, 11) is 0. The molecule has 25 heavy (non-hydrogen) atoms. The first-order chi connectivity index (χ1) is 11.8. The van der Waals surface area contributed by atoms with Crippen LogP contribution in [0.1, 0.15) is 37.6 Å². The number of hydrogen-bond donors (Lipinski definition) is 1. The van der Waals surface area contributed by atoms with E-state index >= 15 is 0 Å². The SMILES string of the molecule is CC(C)(C)OC(=O)N1CC[C@H](NC(=O)c2ccc3c(c2)OCCO3)C1. The largest absolute Gasteiger partial charge is 0.486 e. The van der Waals surface area contributed by atoms with E-state index in [-0.39, 0.29) is 18.0 Å². The summed E-state index contributed by atoms with van der Waals surface area (Å²) in [5.74, 6) is 1.05. The Morgan fingerprint density at radius 3 is 2.64 bits per heavy atom. The lowest BCUT2D eigenvalue weighted by Gasteiger charge is -2.24. The molecule has 0 unspecified atom stereocenters. The Balaban J connectivity index is 1.56. The number of fused-ring (bicyclic) bond motifs is 1. The van der Waals surface area contributed by atoms with Crippen molar-refractivity contribution in [1.29, 1.82) is 0 Å². The van der Waals surface area contributed by atoms with Crippen LogP contribution in [0.25, 0.3) is 0 Å². The molecule has 1 fully saturated rings. The molecule has 1 atom stereocenters. The minimum Gasteiger partial charge on any atom is -0.486 e. The molecule has 0 radical (unpaired) electrons. The number of carbonyl (C=O) groups excluding carboxylic acids is 2. The van der Waals surface area contributed by atoms with E-state index in [2.05, 4.69) is 5.32 Å². The molecule has 1 aromatic rings. The number of rotatable bonds is 2. The number of hydrogen-bond acceptors (Lipinski definition) is 5. The summed E-state index contributed by atoms with van der Waals surface area (Å²) in [4.78, 5) is 26.2. The number of ether oxygens (including phenoxy) is 3. The van der Waals surface area contributed by atoms with Crippen LogP contribution in [-0.2, 0) is 4.74 Å². The molecular formula is C18H24N2O5. The second kappa shape index (κ2) is 6.82. The van der Waals surface area contributed by atoms with Crippen LogP contribution in [0, 0.1) is 0 Å². The zero-order valence-electron chi connectivity index (χ0n) is 14.8. The molecule has 2 aliphatic heterocycles. The van der Waals surface area contributed by atoms with Gasteiger partial charge in [-0.2, -0.15) is 0 Å². The lowest BCUT2D eigenvalue weighted by atomic mass is 10.1. The predicted octanol–water partition coefficient (Wildman–Crippen LogP) is 2.20. The quantitative estimate of drug-likeness (QED) is 0.887. The first kappa shape index (κ1) is 17.4. The zero-order valence-corrected chi connectivity index (χ0v) is 14.8. The van der Waals surface area contributed by atoms with Gasteiger partial charge < -0.3 is 24.4 Å². The maximum absolute atomic E-state index is 12.4. The van der Waals surface area contributed by atoms with Crippen molar-refractivity contribution in [2.75, 3.05) is 26.3 Å². The van der Waals surface area contributed by atoms with Crippen molar-refractivity contribution in [2.45, 2.75) is 38.8 Å². The first-order valence-corrected chi connectivity index (χ1v) is 8.50. The highest BCUT2D eigenvalue weighted by molar-refractivity contribution is 5.95. The fraction of sp³-hybridized carbons (Fsp3) is 0.556. The zero-order chi connectivity index (χ0) is 18.0. The maximum atomic E-state index is 12.4. The molecule has 136 valence electrons.